The van der Waals surface area contributed by atoms with Gasteiger partial charge >= 0.3 is 0 Å². The van der Waals surface area contributed by atoms with Crippen molar-refractivity contribution in [1.29, 1.82) is 0 Å². The number of amides is 1. The Hall–Kier alpha value is -2.37. The maximum Gasteiger partial charge on any atom is 0.258 e. The molecule has 0 saturated carbocycles. The highest BCUT2D eigenvalue weighted by molar-refractivity contribution is 6.03. The van der Waals surface area contributed by atoms with Gasteiger partial charge in [-0.2, -0.15) is 4.98 Å². The topological polar surface area (TPSA) is 79.9 Å². The van der Waals surface area contributed by atoms with Crippen LogP contribution in [0.1, 0.15) is 35.9 Å². The number of carbonyl (C=O) groups excluding carboxylic acids is 1. The quantitative estimate of drug-likeness (QED) is 0.793. The summed E-state index contributed by atoms with van der Waals surface area (Å²) >= 11 is 0. The molecule has 20 heavy (non-hydrogen) atoms. The third kappa shape index (κ3) is 3.81. The number of hydrogen-bond acceptors (Lipinski definition) is 4. The first-order valence-electron chi connectivity index (χ1n) is 6.62. The lowest BCUT2D eigenvalue weighted by Gasteiger charge is -2.06. The molecule has 0 spiro atoms. The van der Waals surface area contributed by atoms with Gasteiger partial charge in [0.25, 0.3) is 5.91 Å². The van der Waals surface area contributed by atoms with Gasteiger partial charge in [0.1, 0.15) is 11.6 Å². The first-order chi connectivity index (χ1) is 9.69. The van der Waals surface area contributed by atoms with Crippen LogP contribution in [0.25, 0.3) is 0 Å². The Bertz CT molecular complexity index is 563. The molecule has 2 aromatic rings. The van der Waals surface area contributed by atoms with E-state index in [-0.39, 0.29) is 11.9 Å². The minimum atomic E-state index is -0.246. The summed E-state index contributed by atoms with van der Waals surface area (Å²) < 4.78 is 5.54. The molecule has 0 radical (unpaired) electrons. The second-order valence-corrected chi connectivity index (χ2v) is 4.42. The predicted octanol–water partition coefficient (Wildman–Crippen LogP) is 2.54. The number of nitrogens with zero attached hydrogens (tertiary/aromatic N) is 2. The SMILES string of the molecule is CCCCOc1ccc(C(=O)Nc2n[nH]c(C)n2)cc1. The fraction of sp³-hybridized carbons (Fsp3) is 0.357. The van der Waals surface area contributed by atoms with Gasteiger partial charge in [-0.15, -0.1) is 5.10 Å². The second-order valence-electron chi connectivity index (χ2n) is 4.42. The molecule has 0 aliphatic heterocycles. The number of anilines is 1. The molecule has 6 nitrogen and oxygen atoms in total. The van der Waals surface area contributed by atoms with Crippen molar-refractivity contribution >= 4 is 11.9 Å². The molecule has 1 aromatic heterocycles. The molecule has 0 fully saturated rings. The van der Waals surface area contributed by atoms with E-state index in [1.807, 2.05) is 0 Å². The van der Waals surface area contributed by atoms with E-state index < -0.39 is 0 Å². The van der Waals surface area contributed by atoms with Crippen molar-refractivity contribution in [2.24, 2.45) is 0 Å². The van der Waals surface area contributed by atoms with Gasteiger partial charge in [0.05, 0.1) is 6.61 Å². The molecular formula is C14H18N4O2. The average molecular weight is 274 g/mol. The van der Waals surface area contributed by atoms with E-state index in [4.69, 9.17) is 4.74 Å². The highest BCUT2D eigenvalue weighted by atomic mass is 16.5. The van der Waals surface area contributed by atoms with Gasteiger partial charge in [-0.25, -0.2) is 0 Å². The summed E-state index contributed by atoms with van der Waals surface area (Å²) in [6, 6.07) is 7.01. The number of aryl methyl sites for hydroxylation is 1. The van der Waals surface area contributed by atoms with Crippen molar-refractivity contribution in [1.82, 2.24) is 15.2 Å². The molecule has 1 aromatic carbocycles. The molecule has 1 amide bonds. The van der Waals surface area contributed by atoms with Crippen LogP contribution in [0, 0.1) is 6.92 Å². The number of aromatic nitrogens is 3. The van der Waals surface area contributed by atoms with Gasteiger partial charge in [-0.05, 0) is 37.6 Å². The molecule has 1 heterocycles. The third-order valence-corrected chi connectivity index (χ3v) is 2.71. The lowest BCUT2D eigenvalue weighted by molar-refractivity contribution is 0.102. The average Bonchev–Trinajstić information content (AvgIpc) is 2.85. The molecule has 0 saturated heterocycles. The van der Waals surface area contributed by atoms with Crippen LogP contribution in [-0.2, 0) is 0 Å². The number of unbranched alkanes of at least 4 members (excludes halogenated alkanes) is 1. The third-order valence-electron chi connectivity index (χ3n) is 2.71. The molecule has 106 valence electrons. The number of hydrogen-bond donors (Lipinski definition) is 2. The van der Waals surface area contributed by atoms with Crippen LogP contribution < -0.4 is 10.1 Å². The predicted molar refractivity (Wildman–Crippen MR) is 75.9 cm³/mol. The minimum Gasteiger partial charge on any atom is -0.494 e. The highest BCUT2D eigenvalue weighted by Crippen LogP contribution is 2.13. The largest absolute Gasteiger partial charge is 0.494 e. The Balaban J connectivity index is 1.93. The first-order valence-corrected chi connectivity index (χ1v) is 6.62. The minimum absolute atomic E-state index is 0.246. The molecule has 0 unspecified atom stereocenters. The van der Waals surface area contributed by atoms with Crippen molar-refractivity contribution in [3.63, 3.8) is 0 Å². The van der Waals surface area contributed by atoms with Crippen molar-refractivity contribution in [2.75, 3.05) is 11.9 Å². The number of nitrogens with one attached hydrogen (secondary N) is 2. The highest BCUT2D eigenvalue weighted by Gasteiger charge is 2.08. The zero-order chi connectivity index (χ0) is 14.4. The smallest absolute Gasteiger partial charge is 0.258 e. The zero-order valence-corrected chi connectivity index (χ0v) is 11.6. The number of H-pyrrole nitrogens is 1. The van der Waals surface area contributed by atoms with Gasteiger partial charge in [0, 0.05) is 5.56 Å². The molecule has 2 rings (SSSR count). The first kappa shape index (κ1) is 14.0. The molecule has 6 heteroatoms. The van der Waals surface area contributed by atoms with Crippen LogP contribution in [0.4, 0.5) is 5.95 Å². The van der Waals surface area contributed by atoms with E-state index in [2.05, 4.69) is 27.4 Å². The maximum atomic E-state index is 11.9. The van der Waals surface area contributed by atoms with Crippen LogP contribution in [0.2, 0.25) is 0 Å². The summed E-state index contributed by atoms with van der Waals surface area (Å²) in [6.07, 6.45) is 2.11. The fourth-order valence-electron chi connectivity index (χ4n) is 1.61. The van der Waals surface area contributed by atoms with E-state index in [1.54, 1.807) is 31.2 Å². The monoisotopic (exact) mass is 274 g/mol. The van der Waals surface area contributed by atoms with Crippen LogP contribution in [0.3, 0.4) is 0 Å². The Morgan fingerprint density at radius 3 is 2.70 bits per heavy atom. The van der Waals surface area contributed by atoms with Crippen molar-refractivity contribution in [3.8, 4) is 5.75 Å². The molecular weight excluding hydrogens is 256 g/mol. The molecule has 2 N–H and O–H groups in total. The van der Waals surface area contributed by atoms with Crippen molar-refractivity contribution in [3.05, 3.63) is 35.7 Å². The molecule has 0 aliphatic rings. The zero-order valence-electron chi connectivity index (χ0n) is 11.6. The number of carbonyl (C=O) groups is 1. The Kier molecular flexibility index (Phi) is 4.70. The standard InChI is InChI=1S/C14H18N4O2/c1-3-4-9-20-12-7-5-11(6-8-12)13(19)16-14-15-10(2)17-18-14/h5-8H,3-4,9H2,1-2H3,(H2,15,16,17,18,19). The summed E-state index contributed by atoms with van der Waals surface area (Å²) in [6.45, 7) is 4.57. The number of aromatic amines is 1. The number of benzene rings is 1. The van der Waals surface area contributed by atoms with Crippen LogP contribution >= 0.6 is 0 Å². The van der Waals surface area contributed by atoms with E-state index in [0.29, 0.717) is 18.0 Å². The normalized spacial score (nSPS) is 10.3. The summed E-state index contributed by atoms with van der Waals surface area (Å²) in [5.74, 6) is 1.45. The molecule has 0 aliphatic carbocycles. The van der Waals surface area contributed by atoms with E-state index >= 15 is 0 Å². The van der Waals surface area contributed by atoms with E-state index in [0.717, 1.165) is 18.6 Å². The van der Waals surface area contributed by atoms with Gasteiger partial charge in [0.15, 0.2) is 0 Å². The van der Waals surface area contributed by atoms with Crippen LogP contribution in [-0.4, -0.2) is 27.7 Å². The van der Waals surface area contributed by atoms with E-state index in [1.165, 1.54) is 0 Å². The molecule has 0 bridgehead atoms. The van der Waals surface area contributed by atoms with Crippen molar-refractivity contribution in [2.45, 2.75) is 26.7 Å². The summed E-state index contributed by atoms with van der Waals surface area (Å²) in [4.78, 5) is 16.0. The van der Waals surface area contributed by atoms with Gasteiger partial charge in [0.2, 0.25) is 5.95 Å². The van der Waals surface area contributed by atoms with Crippen LogP contribution in [0.5, 0.6) is 5.75 Å². The summed E-state index contributed by atoms with van der Waals surface area (Å²) in [5.41, 5.74) is 0.537. The van der Waals surface area contributed by atoms with Crippen molar-refractivity contribution < 1.29 is 9.53 Å². The summed E-state index contributed by atoms with van der Waals surface area (Å²) in [7, 11) is 0. The summed E-state index contributed by atoms with van der Waals surface area (Å²) in [5, 5.41) is 9.14. The van der Waals surface area contributed by atoms with Gasteiger partial charge < -0.3 is 4.74 Å². The Labute approximate surface area is 117 Å². The Morgan fingerprint density at radius 2 is 2.10 bits per heavy atom. The van der Waals surface area contributed by atoms with Gasteiger partial charge in [-0.3, -0.25) is 15.2 Å². The lowest BCUT2D eigenvalue weighted by atomic mass is 10.2. The number of ether oxygens (including phenoxy) is 1. The number of rotatable bonds is 6. The Morgan fingerprint density at radius 1 is 1.35 bits per heavy atom. The van der Waals surface area contributed by atoms with E-state index in [9.17, 15) is 4.79 Å². The van der Waals surface area contributed by atoms with Gasteiger partial charge in [-0.1, -0.05) is 13.3 Å². The molecule has 0 atom stereocenters. The fourth-order valence-corrected chi connectivity index (χ4v) is 1.61. The maximum absolute atomic E-state index is 11.9. The lowest BCUT2D eigenvalue weighted by Crippen LogP contribution is -2.13. The second kappa shape index (κ2) is 6.70. The van der Waals surface area contributed by atoms with Crippen LogP contribution in [0.15, 0.2) is 24.3 Å².